The minimum absolute atomic E-state index is 1.01. The average molecular weight is 372 g/mol. The molecule has 0 aliphatic heterocycles. The number of hydrogen-bond donors (Lipinski definition) is 0. The Balaban J connectivity index is 2.21. The number of anilines is 2. The van der Waals surface area contributed by atoms with E-state index in [0.717, 1.165) is 27.8 Å². The van der Waals surface area contributed by atoms with Crippen LogP contribution in [0.2, 0.25) is 0 Å². The molecule has 0 aliphatic rings. The molecular formula is C24H27N4+. The summed E-state index contributed by atoms with van der Waals surface area (Å²) in [4.78, 5) is 9.35. The van der Waals surface area contributed by atoms with E-state index in [1.807, 2.05) is 0 Å². The van der Waals surface area contributed by atoms with Gasteiger partial charge in [0.1, 0.15) is 11.0 Å². The topological polar surface area (TPSA) is 23.2 Å². The van der Waals surface area contributed by atoms with Gasteiger partial charge in [-0.15, -0.1) is 4.57 Å². The van der Waals surface area contributed by atoms with Crippen molar-refractivity contribution in [3.8, 4) is 5.69 Å². The Morgan fingerprint density at radius 3 is 1.57 bits per heavy atom. The summed E-state index contributed by atoms with van der Waals surface area (Å²) in [5.74, 6) is 0. The van der Waals surface area contributed by atoms with Gasteiger partial charge < -0.3 is 9.80 Å². The fraction of sp³-hybridized carbons (Fsp3) is 0.250. The quantitative estimate of drug-likeness (QED) is 0.393. The summed E-state index contributed by atoms with van der Waals surface area (Å²) in [6.45, 7) is 4.29. The minimum atomic E-state index is 1.01. The summed E-state index contributed by atoms with van der Waals surface area (Å²) in [5, 5.41) is 0. The summed E-state index contributed by atoms with van der Waals surface area (Å²) in [7, 11) is 8.35. The van der Waals surface area contributed by atoms with Crippen molar-refractivity contribution < 1.29 is 4.57 Å². The van der Waals surface area contributed by atoms with Gasteiger partial charge in [-0.2, -0.15) is 0 Å². The van der Waals surface area contributed by atoms with Crippen molar-refractivity contribution in [2.45, 2.75) is 13.8 Å². The Hall–Kier alpha value is -3.14. The Morgan fingerprint density at radius 1 is 0.679 bits per heavy atom. The highest BCUT2D eigenvalue weighted by Gasteiger charge is 2.22. The van der Waals surface area contributed by atoms with E-state index in [1.165, 1.54) is 22.5 Å². The van der Waals surface area contributed by atoms with E-state index >= 15 is 0 Å². The highest BCUT2D eigenvalue weighted by Crippen LogP contribution is 2.28. The van der Waals surface area contributed by atoms with E-state index in [9.17, 15) is 0 Å². The standard InChI is InChI=1S/C24H27N4/c1-16-12-19-23(14-21(16)26(3)4)28(18-10-8-7-9-11-18)24-15-22(27(5)6)17(2)13-20(24)25-19/h7-15H,1-6H3/q+1. The second-order valence-corrected chi connectivity index (χ2v) is 7.83. The first kappa shape index (κ1) is 18.2. The molecule has 0 saturated heterocycles. The average Bonchev–Trinajstić information content (AvgIpc) is 2.65. The largest absolute Gasteiger partial charge is 0.377 e. The highest BCUT2D eigenvalue weighted by molar-refractivity contribution is 5.87. The molecule has 0 atom stereocenters. The fourth-order valence-corrected chi connectivity index (χ4v) is 3.96. The summed E-state index contributed by atoms with van der Waals surface area (Å²) in [6.07, 6.45) is 0. The number of benzene rings is 3. The Labute approximate surface area is 166 Å². The van der Waals surface area contributed by atoms with Crippen molar-refractivity contribution in [1.82, 2.24) is 4.98 Å². The van der Waals surface area contributed by atoms with Gasteiger partial charge in [0.25, 0.3) is 0 Å². The number of aromatic nitrogens is 2. The molecule has 0 aliphatic carbocycles. The van der Waals surface area contributed by atoms with Crippen LogP contribution >= 0.6 is 0 Å². The van der Waals surface area contributed by atoms with Gasteiger partial charge in [-0.1, -0.05) is 18.2 Å². The van der Waals surface area contributed by atoms with Gasteiger partial charge in [0, 0.05) is 63.8 Å². The predicted octanol–water partition coefficient (Wildman–Crippen LogP) is 4.41. The zero-order chi connectivity index (χ0) is 20.0. The third-order valence-corrected chi connectivity index (χ3v) is 5.29. The van der Waals surface area contributed by atoms with Crippen LogP contribution < -0.4 is 14.4 Å². The van der Waals surface area contributed by atoms with Crippen molar-refractivity contribution in [3.63, 3.8) is 0 Å². The highest BCUT2D eigenvalue weighted by atomic mass is 15.1. The predicted molar refractivity (Wildman–Crippen MR) is 119 cm³/mol. The molecule has 28 heavy (non-hydrogen) atoms. The van der Waals surface area contributed by atoms with Gasteiger partial charge in [-0.05, 0) is 37.1 Å². The van der Waals surface area contributed by atoms with E-state index in [1.54, 1.807) is 0 Å². The first-order chi connectivity index (χ1) is 13.4. The van der Waals surface area contributed by atoms with Crippen LogP contribution in [0.25, 0.3) is 27.8 Å². The van der Waals surface area contributed by atoms with Crippen molar-refractivity contribution in [1.29, 1.82) is 0 Å². The van der Waals surface area contributed by atoms with E-state index < -0.39 is 0 Å². The maximum Gasteiger partial charge on any atom is 0.239 e. The van der Waals surface area contributed by atoms with Crippen LogP contribution in [-0.4, -0.2) is 33.2 Å². The first-order valence-corrected chi connectivity index (χ1v) is 9.57. The van der Waals surface area contributed by atoms with E-state index in [0.29, 0.717) is 0 Å². The molecule has 0 N–H and O–H groups in total. The summed E-state index contributed by atoms with van der Waals surface area (Å²) in [6, 6.07) is 19.4. The zero-order valence-corrected chi connectivity index (χ0v) is 17.5. The Bertz CT molecular complexity index is 1110. The number of hydrogen-bond acceptors (Lipinski definition) is 3. The molecule has 0 radical (unpaired) electrons. The van der Waals surface area contributed by atoms with E-state index in [-0.39, 0.29) is 0 Å². The molecule has 4 aromatic rings. The van der Waals surface area contributed by atoms with Crippen LogP contribution in [0.15, 0.2) is 54.6 Å². The lowest BCUT2D eigenvalue weighted by atomic mass is 10.1. The third-order valence-electron chi connectivity index (χ3n) is 5.29. The second kappa shape index (κ2) is 6.79. The van der Waals surface area contributed by atoms with E-state index in [4.69, 9.17) is 4.98 Å². The molecule has 142 valence electrons. The molecule has 0 spiro atoms. The number of rotatable bonds is 3. The number of para-hydroxylation sites is 1. The molecule has 4 rings (SSSR count). The van der Waals surface area contributed by atoms with Crippen LogP contribution in [0.4, 0.5) is 11.4 Å². The maximum absolute atomic E-state index is 5.03. The summed E-state index contributed by atoms with van der Waals surface area (Å²) < 4.78 is 2.33. The number of fused-ring (bicyclic) bond motifs is 2. The molecule has 0 bridgehead atoms. The zero-order valence-electron chi connectivity index (χ0n) is 17.5. The Morgan fingerprint density at radius 2 is 1.14 bits per heavy atom. The van der Waals surface area contributed by atoms with Crippen molar-refractivity contribution in [3.05, 3.63) is 65.7 Å². The molecule has 4 heteroatoms. The van der Waals surface area contributed by atoms with Crippen molar-refractivity contribution in [2.75, 3.05) is 38.0 Å². The summed E-state index contributed by atoms with van der Waals surface area (Å²) >= 11 is 0. The van der Waals surface area contributed by atoms with Crippen molar-refractivity contribution in [2.24, 2.45) is 0 Å². The third kappa shape index (κ3) is 2.95. The lowest BCUT2D eigenvalue weighted by molar-refractivity contribution is -0.538. The molecule has 4 nitrogen and oxygen atoms in total. The molecule has 1 heterocycles. The van der Waals surface area contributed by atoms with Gasteiger partial charge in [-0.25, -0.2) is 4.98 Å². The molecule has 1 aromatic heterocycles. The van der Waals surface area contributed by atoms with Crippen LogP contribution in [0.5, 0.6) is 0 Å². The molecular weight excluding hydrogens is 344 g/mol. The fourth-order valence-electron chi connectivity index (χ4n) is 3.96. The van der Waals surface area contributed by atoms with Gasteiger partial charge in [0.2, 0.25) is 16.7 Å². The molecule has 3 aromatic carbocycles. The first-order valence-electron chi connectivity index (χ1n) is 9.57. The second-order valence-electron chi connectivity index (χ2n) is 7.83. The van der Waals surface area contributed by atoms with Gasteiger partial charge >= 0.3 is 0 Å². The lowest BCUT2D eigenvalue weighted by Gasteiger charge is -2.18. The number of aryl methyl sites for hydroxylation is 2. The molecule has 0 fully saturated rings. The SMILES string of the molecule is Cc1cc2nc3cc(C)c(N(C)C)cc3[n+](-c3ccccc3)c2cc1N(C)C. The Kier molecular flexibility index (Phi) is 4.42. The van der Waals surface area contributed by atoms with Crippen LogP contribution in [0.1, 0.15) is 11.1 Å². The normalized spacial score (nSPS) is 11.2. The van der Waals surface area contributed by atoms with Crippen LogP contribution in [0.3, 0.4) is 0 Å². The van der Waals surface area contributed by atoms with Crippen LogP contribution in [-0.2, 0) is 0 Å². The molecule has 0 unspecified atom stereocenters. The van der Waals surface area contributed by atoms with Crippen molar-refractivity contribution >= 4 is 33.4 Å². The maximum atomic E-state index is 5.03. The molecule has 0 saturated carbocycles. The van der Waals surface area contributed by atoms with Gasteiger partial charge in [0.15, 0.2) is 0 Å². The number of nitrogens with zero attached hydrogens (tertiary/aromatic N) is 4. The van der Waals surface area contributed by atoms with Gasteiger partial charge in [0.05, 0.1) is 0 Å². The molecule has 0 amide bonds. The monoisotopic (exact) mass is 371 g/mol. The lowest BCUT2D eigenvalue weighted by Crippen LogP contribution is -2.34. The van der Waals surface area contributed by atoms with Gasteiger partial charge in [-0.3, -0.25) is 0 Å². The smallest absolute Gasteiger partial charge is 0.239 e. The van der Waals surface area contributed by atoms with E-state index in [2.05, 4.69) is 111 Å². The summed E-state index contributed by atoms with van der Waals surface area (Å²) in [5.41, 5.74) is 10.3. The van der Waals surface area contributed by atoms with Crippen LogP contribution in [0, 0.1) is 13.8 Å². The minimum Gasteiger partial charge on any atom is -0.377 e.